The highest BCUT2D eigenvalue weighted by Crippen LogP contribution is 2.47. The Hall–Kier alpha value is -0.300. The van der Waals surface area contributed by atoms with E-state index in [-0.39, 0.29) is 21.7 Å². The van der Waals surface area contributed by atoms with Crippen LogP contribution < -0.4 is 4.74 Å². The Morgan fingerprint density at radius 3 is 1.19 bits per heavy atom. The van der Waals surface area contributed by atoms with Gasteiger partial charge in [-0.1, -0.05) is 93.5 Å². The second-order valence-corrected chi connectivity index (χ2v) is 14.9. The molecule has 0 heterocycles. The first-order chi connectivity index (χ1) is 13.9. The largest absolute Gasteiger partial charge is 0.455 e. The van der Waals surface area contributed by atoms with Gasteiger partial charge < -0.3 is 4.74 Å². The number of benzene rings is 2. The average Bonchev–Trinajstić information content (AvgIpc) is 2.53. The number of hydrogen-bond donors (Lipinski definition) is 0. The quantitative estimate of drug-likeness (QED) is 0.284. The van der Waals surface area contributed by atoms with Crippen LogP contribution in [0.3, 0.4) is 0 Å². The summed E-state index contributed by atoms with van der Waals surface area (Å²) >= 11 is 4.86. The average molecular weight is 646 g/mol. The van der Waals surface area contributed by atoms with Crippen molar-refractivity contribution in [1.82, 2.24) is 0 Å². The van der Waals surface area contributed by atoms with E-state index in [1.807, 2.05) is 0 Å². The summed E-state index contributed by atoms with van der Waals surface area (Å²) in [5.74, 6) is 2.02. The monoisotopic (exact) mass is 646 g/mol. The zero-order valence-electron chi connectivity index (χ0n) is 21.0. The summed E-state index contributed by atoms with van der Waals surface area (Å²) in [5.41, 5.74) is 3.07. The molecule has 3 heteroatoms. The van der Waals surface area contributed by atoms with Crippen LogP contribution in [0.2, 0.25) is 0 Å². The maximum absolute atomic E-state index is 6.89. The van der Waals surface area contributed by atoms with Crippen LogP contribution in [-0.2, 0) is 10.8 Å². The topological polar surface area (TPSA) is 9.23 Å². The van der Waals surface area contributed by atoms with Gasteiger partial charge >= 0.3 is 0 Å². The van der Waals surface area contributed by atoms with Crippen molar-refractivity contribution in [3.63, 3.8) is 0 Å². The highest BCUT2D eigenvalue weighted by molar-refractivity contribution is 14.1. The number of para-hydroxylation sites is 2. The standard InChI is InChI=1S/C28H40I2O/c1-25(2,3)17-27(7,8)19-13-11-15-21(29)23(19)31-24-20(14-12-16-22(24)30)28(9,10)18-26(4,5)6/h11-16H,17-18H2,1-10H3. The molecule has 0 fully saturated rings. The van der Waals surface area contributed by atoms with E-state index in [1.54, 1.807) is 0 Å². The van der Waals surface area contributed by atoms with E-state index in [2.05, 4.69) is 151 Å². The first-order valence-corrected chi connectivity index (χ1v) is 13.3. The Morgan fingerprint density at radius 2 is 0.903 bits per heavy atom. The Balaban J connectivity index is 2.61. The molecule has 0 amide bonds. The minimum Gasteiger partial charge on any atom is -0.455 e. The Bertz CT molecular complexity index is 836. The highest BCUT2D eigenvalue weighted by Gasteiger charge is 2.33. The van der Waals surface area contributed by atoms with E-state index in [0.717, 1.165) is 31.5 Å². The van der Waals surface area contributed by atoms with Crippen molar-refractivity contribution in [2.24, 2.45) is 10.8 Å². The van der Waals surface area contributed by atoms with Crippen LogP contribution in [0.5, 0.6) is 11.5 Å². The van der Waals surface area contributed by atoms with Crippen LogP contribution in [0.15, 0.2) is 36.4 Å². The van der Waals surface area contributed by atoms with Crippen molar-refractivity contribution < 1.29 is 4.74 Å². The predicted octanol–water partition coefficient (Wildman–Crippen LogP) is 10.1. The molecule has 172 valence electrons. The molecule has 2 aromatic rings. The summed E-state index contributed by atoms with van der Waals surface area (Å²) in [6, 6.07) is 13.1. The first-order valence-electron chi connectivity index (χ1n) is 11.2. The molecule has 0 bridgehead atoms. The lowest BCUT2D eigenvalue weighted by atomic mass is 9.71. The van der Waals surface area contributed by atoms with E-state index in [9.17, 15) is 0 Å². The molecule has 2 rings (SSSR count). The molecule has 0 aliphatic heterocycles. The summed E-state index contributed by atoms with van der Waals surface area (Å²) in [4.78, 5) is 0. The number of hydrogen-bond acceptors (Lipinski definition) is 1. The van der Waals surface area contributed by atoms with E-state index < -0.39 is 0 Å². The second kappa shape index (κ2) is 9.52. The maximum Gasteiger partial charge on any atom is 0.144 e. The van der Waals surface area contributed by atoms with Gasteiger partial charge in [0, 0.05) is 11.1 Å². The van der Waals surface area contributed by atoms with Gasteiger partial charge in [-0.2, -0.15) is 0 Å². The van der Waals surface area contributed by atoms with Crippen molar-refractivity contribution in [2.45, 2.75) is 92.9 Å². The van der Waals surface area contributed by atoms with Crippen molar-refractivity contribution in [2.75, 3.05) is 0 Å². The van der Waals surface area contributed by atoms with Gasteiger partial charge in [-0.05, 0) is 91.8 Å². The summed E-state index contributed by atoms with van der Waals surface area (Å²) in [6.07, 6.45) is 2.18. The Morgan fingerprint density at radius 1 is 0.581 bits per heavy atom. The maximum atomic E-state index is 6.89. The molecule has 1 nitrogen and oxygen atoms in total. The SMILES string of the molecule is CC(C)(C)CC(C)(C)c1cccc(I)c1Oc1c(I)cccc1C(C)(C)CC(C)(C)C. The van der Waals surface area contributed by atoms with Crippen molar-refractivity contribution >= 4 is 45.2 Å². The summed E-state index contributed by atoms with van der Waals surface area (Å²) in [5, 5.41) is 0. The molecule has 0 aliphatic rings. The third kappa shape index (κ3) is 7.35. The minimum absolute atomic E-state index is 0.00999. The van der Waals surface area contributed by atoms with Crippen LogP contribution in [0.4, 0.5) is 0 Å². The minimum atomic E-state index is 0.00999. The van der Waals surface area contributed by atoms with E-state index in [1.165, 1.54) is 11.1 Å². The van der Waals surface area contributed by atoms with E-state index >= 15 is 0 Å². The van der Waals surface area contributed by atoms with Gasteiger partial charge in [-0.25, -0.2) is 0 Å². The summed E-state index contributed by atoms with van der Waals surface area (Å²) in [7, 11) is 0. The van der Waals surface area contributed by atoms with Crippen LogP contribution >= 0.6 is 45.2 Å². The van der Waals surface area contributed by atoms with Crippen LogP contribution in [0, 0.1) is 18.0 Å². The van der Waals surface area contributed by atoms with Crippen molar-refractivity contribution in [1.29, 1.82) is 0 Å². The summed E-state index contributed by atoms with van der Waals surface area (Å²) < 4.78 is 9.22. The molecule has 0 atom stereocenters. The van der Waals surface area contributed by atoms with Crippen LogP contribution in [-0.4, -0.2) is 0 Å². The Kier molecular flexibility index (Phi) is 8.27. The zero-order valence-corrected chi connectivity index (χ0v) is 25.4. The van der Waals surface area contributed by atoms with Crippen LogP contribution in [0.1, 0.15) is 93.2 Å². The smallest absolute Gasteiger partial charge is 0.144 e. The molecular formula is C28H40I2O. The summed E-state index contributed by atoms with van der Waals surface area (Å²) in [6.45, 7) is 23.3. The number of rotatable bonds is 6. The third-order valence-electron chi connectivity index (χ3n) is 5.54. The van der Waals surface area contributed by atoms with Gasteiger partial charge in [0.2, 0.25) is 0 Å². The molecule has 0 aliphatic carbocycles. The fourth-order valence-corrected chi connectivity index (χ4v) is 6.45. The van der Waals surface area contributed by atoms with Crippen LogP contribution in [0.25, 0.3) is 0 Å². The molecule has 0 saturated carbocycles. The van der Waals surface area contributed by atoms with Gasteiger partial charge in [0.25, 0.3) is 0 Å². The van der Waals surface area contributed by atoms with Gasteiger partial charge in [-0.15, -0.1) is 0 Å². The number of ether oxygens (including phenoxy) is 1. The van der Waals surface area contributed by atoms with Gasteiger partial charge in [0.15, 0.2) is 0 Å². The third-order valence-corrected chi connectivity index (χ3v) is 7.24. The molecule has 2 aromatic carbocycles. The molecule has 0 saturated heterocycles. The molecule has 0 radical (unpaired) electrons. The predicted molar refractivity (Wildman–Crippen MR) is 153 cm³/mol. The van der Waals surface area contributed by atoms with E-state index in [0.29, 0.717) is 0 Å². The molecule has 0 N–H and O–H groups in total. The molecular weight excluding hydrogens is 606 g/mol. The zero-order chi connectivity index (χ0) is 23.8. The number of halogens is 2. The second-order valence-electron chi connectivity index (χ2n) is 12.6. The lowest BCUT2D eigenvalue weighted by molar-refractivity contribution is 0.274. The lowest BCUT2D eigenvalue weighted by Crippen LogP contribution is -2.26. The van der Waals surface area contributed by atoms with Gasteiger partial charge in [0.1, 0.15) is 11.5 Å². The first kappa shape index (κ1) is 26.9. The van der Waals surface area contributed by atoms with Crippen molar-refractivity contribution in [3.8, 4) is 11.5 Å². The molecule has 0 aromatic heterocycles. The fraction of sp³-hybridized carbons (Fsp3) is 0.571. The lowest BCUT2D eigenvalue weighted by Gasteiger charge is -2.36. The fourth-order valence-electron chi connectivity index (χ4n) is 5.24. The highest BCUT2D eigenvalue weighted by atomic mass is 127. The van der Waals surface area contributed by atoms with E-state index in [4.69, 9.17) is 4.74 Å². The molecule has 0 spiro atoms. The Labute approximate surface area is 218 Å². The van der Waals surface area contributed by atoms with Gasteiger partial charge in [0.05, 0.1) is 7.14 Å². The normalized spacial score (nSPS) is 13.4. The van der Waals surface area contributed by atoms with Gasteiger partial charge in [-0.3, -0.25) is 0 Å². The molecule has 0 unspecified atom stereocenters. The molecule has 31 heavy (non-hydrogen) atoms. The van der Waals surface area contributed by atoms with Crippen molar-refractivity contribution in [3.05, 3.63) is 54.7 Å².